The minimum atomic E-state index is -0.0632. The van der Waals surface area contributed by atoms with Crippen molar-refractivity contribution in [2.45, 2.75) is 20.8 Å². The average molecular weight is 398 g/mol. The van der Waals surface area contributed by atoms with Gasteiger partial charge in [0, 0.05) is 12.2 Å². The van der Waals surface area contributed by atoms with Crippen molar-refractivity contribution < 1.29 is 14.3 Å². The van der Waals surface area contributed by atoms with Crippen molar-refractivity contribution in [2.24, 2.45) is 4.99 Å². The summed E-state index contributed by atoms with van der Waals surface area (Å²) in [6.45, 7) is 6.87. The summed E-state index contributed by atoms with van der Waals surface area (Å²) in [5.41, 5.74) is 1.75. The van der Waals surface area contributed by atoms with Gasteiger partial charge in [0.2, 0.25) is 0 Å². The molecule has 0 saturated carbocycles. The van der Waals surface area contributed by atoms with Gasteiger partial charge in [-0.3, -0.25) is 9.69 Å². The molecule has 2 heterocycles. The maximum atomic E-state index is 12.8. The van der Waals surface area contributed by atoms with Crippen molar-refractivity contribution in [1.82, 2.24) is 9.88 Å². The van der Waals surface area contributed by atoms with Crippen LogP contribution < -0.4 is 9.47 Å². The molecule has 146 valence electrons. The number of aromatic nitrogens is 1. The van der Waals surface area contributed by atoms with Gasteiger partial charge in [-0.2, -0.15) is 0 Å². The van der Waals surface area contributed by atoms with Crippen LogP contribution in [0.3, 0.4) is 0 Å². The lowest BCUT2D eigenvalue weighted by atomic mass is 10.2. The summed E-state index contributed by atoms with van der Waals surface area (Å²) in [4.78, 5) is 24.1. The molecule has 1 saturated heterocycles. The summed E-state index contributed by atoms with van der Waals surface area (Å²) in [6, 6.07) is 11.3. The standard InChI is InChI=1S/C21H23N3O3S/c1-5-24-20(25)18(28-21(24)23-19-9-7-8-14(3)22-19)13-15-10-11-16(27-6-2)17(12-15)26-4/h7-13H,5-6H2,1-4H3/b18-13-,23-21+. The molecule has 28 heavy (non-hydrogen) atoms. The maximum Gasteiger partial charge on any atom is 0.266 e. The van der Waals surface area contributed by atoms with E-state index < -0.39 is 0 Å². The van der Waals surface area contributed by atoms with Crippen molar-refractivity contribution >= 4 is 34.7 Å². The highest BCUT2D eigenvalue weighted by Crippen LogP contribution is 2.35. The smallest absolute Gasteiger partial charge is 0.266 e. The number of benzene rings is 1. The number of carbonyl (C=O) groups is 1. The fourth-order valence-electron chi connectivity index (χ4n) is 2.76. The topological polar surface area (TPSA) is 64.0 Å². The van der Waals surface area contributed by atoms with Gasteiger partial charge >= 0.3 is 0 Å². The van der Waals surface area contributed by atoms with Crippen molar-refractivity contribution in [1.29, 1.82) is 0 Å². The Balaban J connectivity index is 1.91. The summed E-state index contributed by atoms with van der Waals surface area (Å²) in [5, 5.41) is 0.634. The van der Waals surface area contributed by atoms with Gasteiger partial charge in [0.25, 0.3) is 5.91 Å². The van der Waals surface area contributed by atoms with Crippen LogP contribution in [-0.2, 0) is 4.79 Å². The van der Waals surface area contributed by atoms with Crippen LogP contribution in [0.1, 0.15) is 25.1 Å². The number of hydrogen-bond acceptors (Lipinski definition) is 6. The summed E-state index contributed by atoms with van der Waals surface area (Å²) in [7, 11) is 1.60. The molecule has 0 radical (unpaired) electrons. The number of aliphatic imine (C=N–C) groups is 1. The molecular formula is C21H23N3O3S. The van der Waals surface area contributed by atoms with Gasteiger partial charge in [-0.05, 0) is 68.4 Å². The van der Waals surface area contributed by atoms with E-state index in [1.807, 2.05) is 63.2 Å². The van der Waals surface area contributed by atoms with E-state index in [0.717, 1.165) is 11.3 Å². The van der Waals surface area contributed by atoms with Gasteiger partial charge in [0.05, 0.1) is 18.6 Å². The van der Waals surface area contributed by atoms with Gasteiger partial charge in [0.1, 0.15) is 0 Å². The highest BCUT2D eigenvalue weighted by Gasteiger charge is 2.32. The number of carbonyl (C=O) groups excluding carboxylic acids is 1. The molecule has 1 aliphatic heterocycles. The van der Waals surface area contributed by atoms with E-state index in [1.165, 1.54) is 11.8 Å². The Morgan fingerprint density at radius 3 is 2.71 bits per heavy atom. The molecule has 0 bridgehead atoms. The second kappa shape index (κ2) is 8.93. The first kappa shape index (κ1) is 19.9. The molecular weight excluding hydrogens is 374 g/mol. The summed E-state index contributed by atoms with van der Waals surface area (Å²) < 4.78 is 10.9. The van der Waals surface area contributed by atoms with Crippen LogP contribution >= 0.6 is 11.8 Å². The number of hydrogen-bond donors (Lipinski definition) is 0. The number of likely N-dealkylation sites (N-methyl/N-ethyl adjacent to an activating group) is 1. The van der Waals surface area contributed by atoms with E-state index >= 15 is 0 Å². The fraction of sp³-hybridized carbons (Fsp3) is 0.286. The zero-order chi connectivity index (χ0) is 20.1. The number of rotatable bonds is 6. The Hall–Kier alpha value is -2.80. The second-order valence-corrected chi connectivity index (χ2v) is 7.04. The molecule has 0 spiro atoms. The quantitative estimate of drug-likeness (QED) is 0.675. The van der Waals surface area contributed by atoms with Crippen LogP contribution in [0, 0.1) is 6.92 Å². The molecule has 2 aromatic rings. The Morgan fingerprint density at radius 1 is 1.21 bits per heavy atom. The number of nitrogens with zero attached hydrogens (tertiary/aromatic N) is 3. The third-order valence-corrected chi connectivity index (χ3v) is 5.08. The van der Waals surface area contributed by atoms with Crippen LogP contribution in [0.5, 0.6) is 11.5 Å². The Morgan fingerprint density at radius 2 is 2.04 bits per heavy atom. The number of pyridine rings is 1. The monoisotopic (exact) mass is 397 g/mol. The predicted octanol–water partition coefficient (Wildman–Crippen LogP) is 4.42. The summed E-state index contributed by atoms with van der Waals surface area (Å²) in [5.74, 6) is 1.85. The number of amidine groups is 1. The number of amides is 1. The number of methoxy groups -OCH3 is 1. The van der Waals surface area contributed by atoms with Crippen LogP contribution in [0.25, 0.3) is 6.08 Å². The Kier molecular flexibility index (Phi) is 6.36. The molecule has 0 aliphatic carbocycles. The molecule has 0 N–H and O–H groups in total. The molecule has 1 aliphatic rings. The first-order chi connectivity index (χ1) is 13.5. The van der Waals surface area contributed by atoms with Crippen LogP contribution in [0.15, 0.2) is 46.3 Å². The molecule has 1 amide bonds. The Labute approximate surface area is 169 Å². The van der Waals surface area contributed by atoms with Crippen molar-refractivity contribution in [3.05, 3.63) is 52.6 Å². The minimum Gasteiger partial charge on any atom is -0.493 e. The molecule has 3 rings (SSSR count). The van der Waals surface area contributed by atoms with Crippen molar-refractivity contribution in [2.75, 3.05) is 20.3 Å². The van der Waals surface area contributed by atoms with E-state index in [2.05, 4.69) is 9.98 Å². The summed E-state index contributed by atoms with van der Waals surface area (Å²) >= 11 is 1.35. The molecule has 1 fully saturated rings. The fourth-order valence-corrected chi connectivity index (χ4v) is 3.81. The van der Waals surface area contributed by atoms with Gasteiger partial charge in [-0.1, -0.05) is 12.1 Å². The molecule has 0 unspecified atom stereocenters. The highest BCUT2D eigenvalue weighted by molar-refractivity contribution is 8.18. The van der Waals surface area contributed by atoms with E-state index in [0.29, 0.717) is 40.5 Å². The number of thioether (sulfide) groups is 1. The average Bonchev–Trinajstić information content (AvgIpc) is 2.97. The number of aryl methyl sites for hydroxylation is 1. The normalized spacial score (nSPS) is 16.9. The zero-order valence-electron chi connectivity index (χ0n) is 16.4. The molecule has 7 heteroatoms. The van der Waals surface area contributed by atoms with Gasteiger partial charge in [-0.25, -0.2) is 9.98 Å². The summed E-state index contributed by atoms with van der Waals surface area (Å²) in [6.07, 6.45) is 1.85. The third kappa shape index (κ3) is 4.36. The molecule has 6 nitrogen and oxygen atoms in total. The lowest BCUT2D eigenvalue weighted by Crippen LogP contribution is -2.28. The minimum absolute atomic E-state index is 0.0632. The van der Waals surface area contributed by atoms with E-state index in [-0.39, 0.29) is 5.91 Å². The lowest BCUT2D eigenvalue weighted by Gasteiger charge is -2.11. The SMILES string of the molecule is CCOc1ccc(/C=C2\S/C(=N/c3cccc(C)n3)N(CC)C2=O)cc1OC. The third-order valence-electron chi connectivity index (χ3n) is 4.07. The van der Waals surface area contributed by atoms with Crippen molar-refractivity contribution in [3.8, 4) is 11.5 Å². The molecule has 1 aromatic carbocycles. The van der Waals surface area contributed by atoms with Crippen LogP contribution in [-0.4, -0.2) is 41.2 Å². The second-order valence-electron chi connectivity index (χ2n) is 6.03. The lowest BCUT2D eigenvalue weighted by molar-refractivity contribution is -0.122. The van der Waals surface area contributed by atoms with E-state index in [1.54, 1.807) is 12.0 Å². The van der Waals surface area contributed by atoms with E-state index in [9.17, 15) is 4.79 Å². The molecule has 0 atom stereocenters. The van der Waals surface area contributed by atoms with Gasteiger partial charge in [0.15, 0.2) is 22.5 Å². The highest BCUT2D eigenvalue weighted by atomic mass is 32.2. The number of ether oxygens (including phenoxy) is 2. The largest absolute Gasteiger partial charge is 0.493 e. The Bertz CT molecular complexity index is 940. The van der Waals surface area contributed by atoms with Crippen LogP contribution in [0.4, 0.5) is 5.82 Å². The first-order valence-corrected chi connectivity index (χ1v) is 9.92. The zero-order valence-corrected chi connectivity index (χ0v) is 17.2. The van der Waals surface area contributed by atoms with Gasteiger partial charge in [-0.15, -0.1) is 0 Å². The van der Waals surface area contributed by atoms with Gasteiger partial charge < -0.3 is 9.47 Å². The molecule has 1 aromatic heterocycles. The maximum absolute atomic E-state index is 12.8. The predicted molar refractivity (Wildman–Crippen MR) is 113 cm³/mol. The van der Waals surface area contributed by atoms with E-state index in [4.69, 9.17) is 9.47 Å². The van der Waals surface area contributed by atoms with Crippen LogP contribution in [0.2, 0.25) is 0 Å². The first-order valence-electron chi connectivity index (χ1n) is 9.10. The van der Waals surface area contributed by atoms with Crippen molar-refractivity contribution in [3.63, 3.8) is 0 Å².